The molecule has 0 atom stereocenters. The summed E-state index contributed by atoms with van der Waals surface area (Å²) in [7, 11) is 0. The fraction of sp³-hybridized carbons (Fsp3) is 0.182. The highest BCUT2D eigenvalue weighted by Crippen LogP contribution is 2.35. The molecule has 0 spiro atoms. The second kappa shape index (κ2) is 6.82. The molecule has 0 saturated carbocycles. The molecule has 27 heavy (non-hydrogen) atoms. The number of nitrogens with zero attached hydrogens (tertiary/aromatic N) is 3. The van der Waals surface area contributed by atoms with Crippen LogP contribution < -0.4 is 0 Å². The number of benzene rings is 2. The third-order valence-electron chi connectivity index (χ3n) is 4.84. The van der Waals surface area contributed by atoms with Gasteiger partial charge < -0.3 is 0 Å². The Kier molecular flexibility index (Phi) is 4.48. The van der Waals surface area contributed by atoms with Gasteiger partial charge in [-0.1, -0.05) is 53.2 Å². The summed E-state index contributed by atoms with van der Waals surface area (Å²) in [6.45, 7) is 5.76. The van der Waals surface area contributed by atoms with E-state index < -0.39 is 0 Å². The van der Waals surface area contributed by atoms with Crippen LogP contribution in [0, 0.1) is 6.92 Å². The van der Waals surface area contributed by atoms with Crippen molar-refractivity contribution in [3.63, 3.8) is 0 Å². The van der Waals surface area contributed by atoms with Crippen LogP contribution in [0.15, 0.2) is 59.1 Å². The Morgan fingerprint density at radius 1 is 1.07 bits per heavy atom. The Morgan fingerprint density at radius 3 is 2.33 bits per heavy atom. The molecule has 0 radical (unpaired) electrons. The number of ketones is 1. The van der Waals surface area contributed by atoms with E-state index in [2.05, 4.69) is 46.5 Å². The summed E-state index contributed by atoms with van der Waals surface area (Å²) in [5.74, 6) is 0.945. The number of hydrogen-bond donors (Lipinski definition) is 0. The maximum Gasteiger partial charge on any atom is 0.178 e. The van der Waals surface area contributed by atoms with Crippen LogP contribution >= 0.6 is 15.9 Å². The number of aryl methyl sites for hydroxylation is 2. The quantitative estimate of drug-likeness (QED) is 0.400. The first kappa shape index (κ1) is 17.7. The van der Waals surface area contributed by atoms with E-state index in [-0.39, 0.29) is 5.78 Å². The number of aromatic nitrogens is 3. The second-order valence-electron chi connectivity index (χ2n) is 6.59. The third-order valence-corrected chi connectivity index (χ3v) is 5.37. The van der Waals surface area contributed by atoms with Crippen LogP contribution in [0.2, 0.25) is 0 Å². The number of para-hydroxylation sites is 1. The van der Waals surface area contributed by atoms with Crippen molar-refractivity contribution in [1.82, 2.24) is 14.2 Å². The molecule has 0 aliphatic carbocycles. The molecule has 5 heteroatoms. The lowest BCUT2D eigenvalue weighted by Gasteiger charge is -2.08. The molecule has 4 nitrogen and oxygen atoms in total. The molecule has 0 N–H and O–H groups in total. The van der Waals surface area contributed by atoms with Gasteiger partial charge in [0.1, 0.15) is 17.2 Å². The zero-order valence-electron chi connectivity index (χ0n) is 15.5. The number of carbonyl (C=O) groups excluding carboxylic acids is 1. The fourth-order valence-corrected chi connectivity index (χ4v) is 3.94. The van der Waals surface area contributed by atoms with Crippen molar-refractivity contribution < 1.29 is 4.79 Å². The Hall–Kier alpha value is -2.66. The summed E-state index contributed by atoms with van der Waals surface area (Å²) in [5.41, 5.74) is 5.65. The van der Waals surface area contributed by atoms with E-state index in [0.29, 0.717) is 5.69 Å². The van der Waals surface area contributed by atoms with Gasteiger partial charge in [-0.25, -0.2) is 4.52 Å². The van der Waals surface area contributed by atoms with Gasteiger partial charge in [0, 0.05) is 34.6 Å². The number of carbonyl (C=O) groups is 1. The molecule has 0 amide bonds. The van der Waals surface area contributed by atoms with Gasteiger partial charge in [-0.15, -0.1) is 0 Å². The Balaban J connectivity index is 2.11. The molecule has 136 valence electrons. The smallest absolute Gasteiger partial charge is 0.178 e. The average molecular weight is 422 g/mol. The topological polar surface area (TPSA) is 39.3 Å². The zero-order valence-corrected chi connectivity index (χ0v) is 17.1. The van der Waals surface area contributed by atoms with Crippen molar-refractivity contribution in [2.24, 2.45) is 0 Å². The highest BCUT2D eigenvalue weighted by Gasteiger charge is 2.25. The molecule has 0 fully saturated rings. The van der Waals surface area contributed by atoms with Gasteiger partial charge in [0.25, 0.3) is 0 Å². The predicted octanol–water partition coefficient (Wildman–Crippen LogP) is 5.63. The van der Waals surface area contributed by atoms with Crippen LogP contribution in [0.5, 0.6) is 0 Å². The first-order chi connectivity index (χ1) is 13.0. The molecule has 0 aliphatic rings. The lowest BCUT2D eigenvalue weighted by atomic mass is 10.0. The maximum absolute atomic E-state index is 12.6. The maximum atomic E-state index is 12.6. The molecule has 0 aliphatic heterocycles. The number of rotatable bonds is 4. The summed E-state index contributed by atoms with van der Waals surface area (Å²) in [4.78, 5) is 12.6. The molecule has 0 unspecified atom stereocenters. The summed E-state index contributed by atoms with van der Waals surface area (Å²) < 4.78 is 4.99. The van der Waals surface area contributed by atoms with Crippen molar-refractivity contribution in [2.75, 3.05) is 0 Å². The standard InChI is InChI=1S/C22H20BrN3O/c1-4-19-24-26-21(15(3)27)20(16-10-12-17(23)13-11-16)14(2)22(26)25(19)18-8-6-5-7-9-18/h5-13H,4H2,1-3H3. The molecule has 2 aromatic carbocycles. The van der Waals surface area contributed by atoms with Crippen molar-refractivity contribution in [3.8, 4) is 16.8 Å². The summed E-state index contributed by atoms with van der Waals surface area (Å²) >= 11 is 3.48. The van der Waals surface area contributed by atoms with E-state index in [4.69, 9.17) is 5.10 Å². The molecule has 4 aromatic rings. The average Bonchev–Trinajstić information content (AvgIpc) is 3.18. The number of Topliss-reactive ketones (excluding diaryl/α,β-unsaturated/α-hetero) is 1. The summed E-state index contributed by atoms with van der Waals surface area (Å²) in [6, 6.07) is 18.2. The lowest BCUT2D eigenvalue weighted by Crippen LogP contribution is -2.02. The molecule has 4 rings (SSSR count). The lowest BCUT2D eigenvalue weighted by molar-refractivity contribution is 0.101. The SMILES string of the molecule is CCc1nn2c(C(C)=O)c(-c3ccc(Br)cc3)c(C)c2n1-c1ccccc1. The Labute approximate surface area is 166 Å². The minimum atomic E-state index is 0.0105. The normalized spacial score (nSPS) is 11.3. The van der Waals surface area contributed by atoms with E-state index in [9.17, 15) is 4.79 Å². The fourth-order valence-electron chi connectivity index (χ4n) is 3.67. The zero-order chi connectivity index (χ0) is 19.1. The van der Waals surface area contributed by atoms with E-state index in [0.717, 1.165) is 44.7 Å². The molecule has 2 heterocycles. The molecular weight excluding hydrogens is 402 g/mol. The predicted molar refractivity (Wildman–Crippen MR) is 112 cm³/mol. The Morgan fingerprint density at radius 2 is 1.74 bits per heavy atom. The van der Waals surface area contributed by atoms with Crippen LogP contribution in [-0.2, 0) is 6.42 Å². The van der Waals surface area contributed by atoms with Crippen LogP contribution in [0.3, 0.4) is 0 Å². The van der Waals surface area contributed by atoms with E-state index in [1.807, 2.05) is 47.0 Å². The molecule has 2 aromatic heterocycles. The van der Waals surface area contributed by atoms with Crippen LogP contribution in [0.25, 0.3) is 22.5 Å². The first-order valence-corrected chi connectivity index (χ1v) is 9.77. The minimum Gasteiger partial charge on any atom is -0.293 e. The van der Waals surface area contributed by atoms with Gasteiger partial charge in [-0.2, -0.15) is 5.10 Å². The molecule has 0 bridgehead atoms. The van der Waals surface area contributed by atoms with Crippen molar-refractivity contribution in [2.45, 2.75) is 27.2 Å². The number of halogens is 1. The first-order valence-electron chi connectivity index (χ1n) is 8.98. The van der Waals surface area contributed by atoms with Gasteiger partial charge in [0.05, 0.1) is 0 Å². The highest BCUT2D eigenvalue weighted by atomic mass is 79.9. The van der Waals surface area contributed by atoms with Crippen molar-refractivity contribution >= 4 is 27.4 Å². The van der Waals surface area contributed by atoms with Crippen LogP contribution in [-0.4, -0.2) is 20.0 Å². The molecule has 0 saturated heterocycles. The second-order valence-corrected chi connectivity index (χ2v) is 7.50. The highest BCUT2D eigenvalue weighted by molar-refractivity contribution is 9.10. The van der Waals surface area contributed by atoms with Crippen LogP contribution in [0.4, 0.5) is 0 Å². The number of fused-ring (bicyclic) bond motifs is 1. The van der Waals surface area contributed by atoms with E-state index in [1.165, 1.54) is 0 Å². The van der Waals surface area contributed by atoms with E-state index in [1.54, 1.807) is 6.92 Å². The third kappa shape index (κ3) is 2.82. The van der Waals surface area contributed by atoms with Crippen molar-refractivity contribution in [1.29, 1.82) is 0 Å². The minimum absolute atomic E-state index is 0.0105. The molecular formula is C22H20BrN3O. The Bertz CT molecular complexity index is 1140. The number of hydrogen-bond acceptors (Lipinski definition) is 2. The summed E-state index contributed by atoms with van der Waals surface area (Å²) in [6.07, 6.45) is 0.779. The monoisotopic (exact) mass is 421 g/mol. The van der Waals surface area contributed by atoms with Gasteiger partial charge >= 0.3 is 0 Å². The van der Waals surface area contributed by atoms with Gasteiger partial charge in [0.2, 0.25) is 0 Å². The largest absolute Gasteiger partial charge is 0.293 e. The van der Waals surface area contributed by atoms with Gasteiger partial charge in [0.15, 0.2) is 5.78 Å². The summed E-state index contributed by atoms with van der Waals surface area (Å²) in [5, 5.41) is 4.80. The van der Waals surface area contributed by atoms with Gasteiger partial charge in [-0.05, 0) is 36.8 Å². The van der Waals surface area contributed by atoms with E-state index >= 15 is 0 Å². The van der Waals surface area contributed by atoms with Gasteiger partial charge in [-0.3, -0.25) is 9.36 Å². The van der Waals surface area contributed by atoms with Crippen molar-refractivity contribution in [3.05, 3.63) is 76.2 Å². The van der Waals surface area contributed by atoms with Crippen LogP contribution in [0.1, 0.15) is 35.7 Å².